The molecule has 2 unspecified atom stereocenters. The highest BCUT2D eigenvalue weighted by molar-refractivity contribution is 5.69. The average Bonchev–Trinajstić information content (AvgIpc) is 2.78. The number of methoxy groups -OCH3 is 1. The standard InChI is InChI=1S/C24H29NO6/c1-28-21-9-5-6-10-22(21)30-12-11-24(27)13-19-16-29-17-20(14-24)25(19)23(26)31-15-18-7-3-2-4-8-18/h2-10,19-20,27H,11-17H2,1H3. The van der Waals surface area contributed by atoms with E-state index < -0.39 is 5.60 Å². The van der Waals surface area contributed by atoms with Crippen LogP contribution in [0.3, 0.4) is 0 Å². The molecule has 4 rings (SSSR count). The van der Waals surface area contributed by atoms with Crippen molar-refractivity contribution in [1.29, 1.82) is 0 Å². The molecule has 2 aromatic carbocycles. The van der Waals surface area contributed by atoms with Gasteiger partial charge in [0.05, 0.1) is 44.6 Å². The van der Waals surface area contributed by atoms with Gasteiger partial charge < -0.3 is 24.1 Å². The van der Waals surface area contributed by atoms with Gasteiger partial charge in [-0.05, 0) is 30.5 Å². The van der Waals surface area contributed by atoms with Gasteiger partial charge in [-0.1, -0.05) is 42.5 Å². The Bertz CT molecular complexity index is 859. The lowest BCUT2D eigenvalue weighted by Crippen LogP contribution is -2.63. The van der Waals surface area contributed by atoms with Gasteiger partial charge in [-0.15, -0.1) is 0 Å². The molecule has 2 aliphatic heterocycles. The summed E-state index contributed by atoms with van der Waals surface area (Å²) in [5.41, 5.74) is 0.0245. The fraction of sp³-hybridized carbons (Fsp3) is 0.458. The first-order valence-corrected chi connectivity index (χ1v) is 10.6. The topological polar surface area (TPSA) is 77.5 Å². The number of piperidine rings is 1. The van der Waals surface area contributed by atoms with Gasteiger partial charge in [-0.2, -0.15) is 0 Å². The quantitative estimate of drug-likeness (QED) is 0.730. The van der Waals surface area contributed by atoms with Crippen LogP contribution in [0.25, 0.3) is 0 Å². The van der Waals surface area contributed by atoms with Crippen molar-refractivity contribution in [3.8, 4) is 11.5 Å². The molecule has 0 spiro atoms. The Hall–Kier alpha value is -2.77. The highest BCUT2D eigenvalue weighted by atomic mass is 16.6. The van der Waals surface area contributed by atoms with Crippen molar-refractivity contribution in [3.05, 3.63) is 60.2 Å². The number of amides is 1. The van der Waals surface area contributed by atoms with Gasteiger partial charge in [-0.25, -0.2) is 4.79 Å². The predicted octanol–water partition coefficient (Wildman–Crippen LogP) is 3.40. The van der Waals surface area contributed by atoms with E-state index in [4.69, 9.17) is 18.9 Å². The van der Waals surface area contributed by atoms with Crippen molar-refractivity contribution in [3.63, 3.8) is 0 Å². The zero-order valence-electron chi connectivity index (χ0n) is 17.7. The zero-order valence-corrected chi connectivity index (χ0v) is 17.7. The van der Waals surface area contributed by atoms with Crippen molar-refractivity contribution >= 4 is 6.09 Å². The number of para-hydroxylation sites is 2. The lowest BCUT2D eigenvalue weighted by molar-refractivity contribution is -0.137. The van der Waals surface area contributed by atoms with Crippen LogP contribution >= 0.6 is 0 Å². The number of morpholine rings is 1. The molecule has 2 bridgehead atoms. The summed E-state index contributed by atoms with van der Waals surface area (Å²) in [6.45, 7) is 1.38. The molecule has 2 heterocycles. The normalized spacial score (nSPS) is 25.0. The molecule has 0 aromatic heterocycles. The average molecular weight is 427 g/mol. The molecular formula is C24H29NO6. The summed E-state index contributed by atoms with van der Waals surface area (Å²) in [4.78, 5) is 14.5. The first kappa shape index (κ1) is 21.5. The molecule has 2 fully saturated rings. The van der Waals surface area contributed by atoms with Crippen LogP contribution in [0, 0.1) is 0 Å². The van der Waals surface area contributed by atoms with E-state index in [1.807, 2.05) is 54.6 Å². The third-order valence-electron chi connectivity index (χ3n) is 5.95. The number of hydrogen-bond acceptors (Lipinski definition) is 6. The van der Waals surface area contributed by atoms with Crippen LogP contribution in [0.2, 0.25) is 0 Å². The van der Waals surface area contributed by atoms with Crippen LogP contribution in [0.4, 0.5) is 4.79 Å². The molecule has 2 aliphatic rings. The Morgan fingerprint density at radius 2 is 1.71 bits per heavy atom. The lowest BCUT2D eigenvalue weighted by Gasteiger charge is -2.50. The number of hydrogen-bond donors (Lipinski definition) is 1. The second kappa shape index (κ2) is 9.58. The number of rotatable bonds is 7. The van der Waals surface area contributed by atoms with Crippen LogP contribution in [-0.4, -0.2) is 60.7 Å². The third kappa shape index (κ3) is 5.11. The number of aliphatic hydroxyl groups is 1. The molecule has 2 aromatic rings. The van der Waals surface area contributed by atoms with Crippen LogP contribution in [0.1, 0.15) is 24.8 Å². The molecular weight excluding hydrogens is 398 g/mol. The molecule has 0 saturated carbocycles. The van der Waals surface area contributed by atoms with Gasteiger partial charge in [-0.3, -0.25) is 4.90 Å². The number of ether oxygens (including phenoxy) is 4. The minimum atomic E-state index is -0.919. The molecule has 0 radical (unpaired) electrons. The van der Waals surface area contributed by atoms with Gasteiger partial charge in [0.2, 0.25) is 0 Å². The van der Waals surface area contributed by atoms with Crippen molar-refractivity contribution in [2.45, 2.75) is 43.6 Å². The number of fused-ring (bicyclic) bond motifs is 2. The summed E-state index contributed by atoms with van der Waals surface area (Å²) in [5.74, 6) is 1.31. The Morgan fingerprint density at radius 3 is 2.39 bits per heavy atom. The fourth-order valence-corrected chi connectivity index (χ4v) is 4.46. The first-order chi connectivity index (χ1) is 15.1. The summed E-state index contributed by atoms with van der Waals surface area (Å²) in [6.07, 6.45) is 0.970. The van der Waals surface area contributed by atoms with Gasteiger partial charge >= 0.3 is 6.09 Å². The molecule has 166 valence electrons. The highest BCUT2D eigenvalue weighted by Gasteiger charge is 2.48. The molecule has 1 amide bonds. The monoisotopic (exact) mass is 427 g/mol. The maximum atomic E-state index is 12.8. The van der Waals surface area contributed by atoms with E-state index in [1.165, 1.54) is 0 Å². The summed E-state index contributed by atoms with van der Waals surface area (Å²) >= 11 is 0. The zero-order chi connectivity index (χ0) is 21.7. The smallest absolute Gasteiger partial charge is 0.410 e. The van der Waals surface area contributed by atoms with E-state index in [-0.39, 0.29) is 24.8 Å². The van der Waals surface area contributed by atoms with Crippen molar-refractivity contribution in [2.24, 2.45) is 0 Å². The Balaban J connectivity index is 1.34. The molecule has 0 aliphatic carbocycles. The molecule has 2 atom stereocenters. The maximum Gasteiger partial charge on any atom is 0.410 e. The second-order valence-electron chi connectivity index (χ2n) is 8.17. The van der Waals surface area contributed by atoms with Gasteiger partial charge in [0.25, 0.3) is 0 Å². The summed E-state index contributed by atoms with van der Waals surface area (Å²) in [6, 6.07) is 16.6. The molecule has 31 heavy (non-hydrogen) atoms. The van der Waals surface area contributed by atoms with E-state index in [1.54, 1.807) is 12.0 Å². The lowest BCUT2D eigenvalue weighted by atomic mass is 9.79. The number of carbonyl (C=O) groups excluding carboxylic acids is 1. The summed E-state index contributed by atoms with van der Waals surface area (Å²) < 4.78 is 22.4. The van der Waals surface area contributed by atoms with Crippen molar-refractivity contribution in [1.82, 2.24) is 4.90 Å². The number of benzene rings is 2. The minimum Gasteiger partial charge on any atom is -0.493 e. The van der Waals surface area contributed by atoms with Crippen LogP contribution in [0.15, 0.2) is 54.6 Å². The largest absolute Gasteiger partial charge is 0.493 e. The number of nitrogens with zero attached hydrogens (tertiary/aromatic N) is 1. The van der Waals surface area contributed by atoms with Crippen LogP contribution < -0.4 is 9.47 Å². The SMILES string of the molecule is COc1ccccc1OCCC1(O)CC2COCC(C1)N2C(=O)OCc1ccccc1. The Labute approximate surface area is 182 Å². The Kier molecular flexibility index (Phi) is 6.63. The van der Waals surface area contributed by atoms with Gasteiger partial charge in [0.15, 0.2) is 11.5 Å². The van der Waals surface area contributed by atoms with E-state index in [2.05, 4.69) is 0 Å². The maximum absolute atomic E-state index is 12.8. The number of carbonyl (C=O) groups is 1. The van der Waals surface area contributed by atoms with E-state index in [0.29, 0.717) is 50.6 Å². The van der Waals surface area contributed by atoms with E-state index >= 15 is 0 Å². The van der Waals surface area contributed by atoms with Crippen molar-refractivity contribution in [2.75, 3.05) is 26.9 Å². The molecule has 7 nitrogen and oxygen atoms in total. The Morgan fingerprint density at radius 1 is 1.06 bits per heavy atom. The molecule has 1 N–H and O–H groups in total. The van der Waals surface area contributed by atoms with Gasteiger partial charge in [0, 0.05) is 6.42 Å². The first-order valence-electron chi connectivity index (χ1n) is 10.6. The molecule has 2 saturated heterocycles. The predicted molar refractivity (Wildman–Crippen MR) is 114 cm³/mol. The minimum absolute atomic E-state index is 0.216. The van der Waals surface area contributed by atoms with Gasteiger partial charge in [0.1, 0.15) is 6.61 Å². The highest BCUT2D eigenvalue weighted by Crippen LogP contribution is 2.37. The third-order valence-corrected chi connectivity index (χ3v) is 5.95. The molecule has 7 heteroatoms. The van der Waals surface area contributed by atoms with E-state index in [9.17, 15) is 9.90 Å². The van der Waals surface area contributed by atoms with Crippen molar-refractivity contribution < 1.29 is 28.8 Å². The summed E-state index contributed by atoms with van der Waals surface area (Å²) in [7, 11) is 1.60. The van der Waals surface area contributed by atoms with Crippen LogP contribution in [0.5, 0.6) is 11.5 Å². The van der Waals surface area contributed by atoms with Crippen LogP contribution in [-0.2, 0) is 16.1 Å². The van der Waals surface area contributed by atoms with E-state index in [0.717, 1.165) is 5.56 Å². The fourth-order valence-electron chi connectivity index (χ4n) is 4.46. The summed E-state index contributed by atoms with van der Waals surface area (Å²) in [5, 5.41) is 11.2. The second-order valence-corrected chi connectivity index (χ2v) is 8.17.